The Kier molecular flexibility index (Phi) is 6.38. The predicted octanol–water partition coefficient (Wildman–Crippen LogP) is 4.11. The monoisotopic (exact) mass is 326 g/mol. The molecule has 0 spiro atoms. The van der Waals surface area contributed by atoms with Crippen LogP contribution in [-0.4, -0.2) is 28.7 Å². The molecule has 1 unspecified atom stereocenters. The Balaban J connectivity index is 2.19. The van der Waals surface area contributed by atoms with Crippen LogP contribution in [0.2, 0.25) is 0 Å². The van der Waals surface area contributed by atoms with Gasteiger partial charge in [0.15, 0.2) is 0 Å². The third-order valence-electron chi connectivity index (χ3n) is 4.38. The Labute approximate surface area is 144 Å². The van der Waals surface area contributed by atoms with Gasteiger partial charge in [0.2, 0.25) is 0 Å². The molecule has 0 saturated carbocycles. The highest BCUT2D eigenvalue weighted by Crippen LogP contribution is 2.20. The van der Waals surface area contributed by atoms with Crippen LogP contribution < -0.4 is 5.32 Å². The van der Waals surface area contributed by atoms with Crippen LogP contribution in [-0.2, 0) is 6.54 Å². The molecule has 4 heteroatoms. The normalized spacial score (nSPS) is 11.8. The maximum atomic E-state index is 12.8. The van der Waals surface area contributed by atoms with Gasteiger partial charge < -0.3 is 15.3 Å². The fraction of sp³-hybridized carbons (Fsp3) is 0.350. The van der Waals surface area contributed by atoms with E-state index in [9.17, 15) is 9.90 Å². The molecule has 1 atom stereocenters. The van der Waals surface area contributed by atoms with Crippen molar-refractivity contribution < 1.29 is 9.90 Å². The lowest BCUT2D eigenvalue weighted by Crippen LogP contribution is -2.41. The average molecular weight is 326 g/mol. The second-order valence-electron chi connectivity index (χ2n) is 6.15. The maximum absolute atomic E-state index is 12.8. The van der Waals surface area contributed by atoms with Gasteiger partial charge in [-0.2, -0.15) is 0 Å². The lowest BCUT2D eigenvalue weighted by Gasteiger charge is -2.29. The number of hydrogen-bond donors (Lipinski definition) is 2. The highest BCUT2D eigenvalue weighted by atomic mass is 16.3. The van der Waals surface area contributed by atoms with E-state index in [-0.39, 0.29) is 18.7 Å². The van der Waals surface area contributed by atoms with E-state index in [0.717, 1.165) is 22.4 Å². The van der Waals surface area contributed by atoms with Gasteiger partial charge in [0.1, 0.15) is 0 Å². The summed E-state index contributed by atoms with van der Waals surface area (Å²) in [6.07, 6.45) is 0.549. The molecule has 0 aliphatic heterocycles. The number of anilines is 1. The average Bonchev–Trinajstić information content (AvgIpc) is 2.58. The highest BCUT2D eigenvalue weighted by Gasteiger charge is 2.21. The first-order valence-electron chi connectivity index (χ1n) is 8.31. The zero-order valence-electron chi connectivity index (χ0n) is 14.6. The largest absolute Gasteiger partial charge is 0.396 e. The summed E-state index contributed by atoms with van der Waals surface area (Å²) in [5.74, 6) is 0. The number of aryl methyl sites for hydroxylation is 1. The summed E-state index contributed by atoms with van der Waals surface area (Å²) in [5.41, 5.74) is 4.11. The number of carbonyl (C=O) groups excluding carboxylic acids is 1. The molecule has 0 heterocycles. The standard InChI is InChI=1S/C20H26N2O2/c1-15-8-7-11-19(17(15)3)21-20(24)22(16(2)12-13-23)14-18-9-5-4-6-10-18/h4-11,16,23H,12-14H2,1-3H3,(H,21,24). The highest BCUT2D eigenvalue weighted by molar-refractivity contribution is 5.90. The van der Waals surface area contributed by atoms with E-state index in [2.05, 4.69) is 5.32 Å². The maximum Gasteiger partial charge on any atom is 0.322 e. The number of nitrogens with one attached hydrogen (secondary N) is 1. The fourth-order valence-electron chi connectivity index (χ4n) is 2.62. The van der Waals surface area contributed by atoms with Crippen molar-refractivity contribution in [1.29, 1.82) is 0 Å². The summed E-state index contributed by atoms with van der Waals surface area (Å²) in [7, 11) is 0. The van der Waals surface area contributed by atoms with E-state index >= 15 is 0 Å². The van der Waals surface area contributed by atoms with Crippen LogP contribution >= 0.6 is 0 Å². The van der Waals surface area contributed by atoms with Crippen LogP contribution in [0.3, 0.4) is 0 Å². The summed E-state index contributed by atoms with van der Waals surface area (Å²) in [6.45, 7) is 6.56. The Bertz CT molecular complexity index is 671. The Hall–Kier alpha value is -2.33. The number of benzene rings is 2. The molecule has 0 fully saturated rings. The van der Waals surface area contributed by atoms with Gasteiger partial charge in [-0.1, -0.05) is 42.5 Å². The van der Waals surface area contributed by atoms with Crippen LogP contribution in [0.5, 0.6) is 0 Å². The van der Waals surface area contributed by atoms with Gasteiger partial charge in [0, 0.05) is 24.9 Å². The quantitative estimate of drug-likeness (QED) is 0.839. The number of carbonyl (C=O) groups is 1. The van der Waals surface area contributed by atoms with Crippen LogP contribution in [0, 0.1) is 13.8 Å². The second kappa shape index (κ2) is 8.50. The summed E-state index contributed by atoms with van der Waals surface area (Å²) in [5, 5.41) is 12.3. The number of aliphatic hydroxyl groups excluding tert-OH is 1. The zero-order valence-corrected chi connectivity index (χ0v) is 14.6. The fourth-order valence-corrected chi connectivity index (χ4v) is 2.62. The molecule has 0 radical (unpaired) electrons. The van der Waals surface area contributed by atoms with Crippen molar-refractivity contribution in [3.8, 4) is 0 Å². The molecular weight excluding hydrogens is 300 g/mol. The molecule has 128 valence electrons. The Morgan fingerprint density at radius 3 is 2.50 bits per heavy atom. The minimum Gasteiger partial charge on any atom is -0.396 e. The topological polar surface area (TPSA) is 52.6 Å². The lowest BCUT2D eigenvalue weighted by atomic mass is 10.1. The summed E-state index contributed by atoms with van der Waals surface area (Å²) >= 11 is 0. The minimum atomic E-state index is -0.145. The second-order valence-corrected chi connectivity index (χ2v) is 6.15. The first-order chi connectivity index (χ1) is 11.5. The summed E-state index contributed by atoms with van der Waals surface area (Å²) < 4.78 is 0. The molecule has 0 saturated heterocycles. The van der Waals surface area contributed by atoms with Crippen molar-refractivity contribution in [1.82, 2.24) is 4.90 Å². The van der Waals surface area contributed by atoms with Gasteiger partial charge in [-0.25, -0.2) is 4.79 Å². The molecular formula is C20H26N2O2. The third kappa shape index (κ3) is 4.59. The molecule has 4 nitrogen and oxygen atoms in total. The number of hydrogen-bond acceptors (Lipinski definition) is 2. The molecule has 0 aromatic heterocycles. The van der Waals surface area contributed by atoms with E-state index in [1.807, 2.05) is 69.3 Å². The van der Waals surface area contributed by atoms with Crippen LogP contribution in [0.1, 0.15) is 30.0 Å². The zero-order chi connectivity index (χ0) is 17.5. The lowest BCUT2D eigenvalue weighted by molar-refractivity contribution is 0.169. The number of nitrogens with zero attached hydrogens (tertiary/aromatic N) is 1. The van der Waals surface area contributed by atoms with Crippen molar-refractivity contribution in [3.05, 3.63) is 65.2 Å². The molecule has 2 amide bonds. The molecule has 2 aromatic carbocycles. The van der Waals surface area contributed by atoms with E-state index < -0.39 is 0 Å². The van der Waals surface area contributed by atoms with Gasteiger partial charge >= 0.3 is 6.03 Å². The van der Waals surface area contributed by atoms with Gasteiger partial charge in [-0.05, 0) is 49.9 Å². The Morgan fingerprint density at radius 2 is 1.83 bits per heavy atom. The van der Waals surface area contributed by atoms with Gasteiger partial charge in [-0.15, -0.1) is 0 Å². The van der Waals surface area contributed by atoms with Gasteiger partial charge in [-0.3, -0.25) is 0 Å². The third-order valence-corrected chi connectivity index (χ3v) is 4.38. The van der Waals surface area contributed by atoms with Crippen molar-refractivity contribution in [2.24, 2.45) is 0 Å². The number of amides is 2. The van der Waals surface area contributed by atoms with Crippen molar-refractivity contribution in [3.63, 3.8) is 0 Å². The number of rotatable bonds is 6. The van der Waals surface area contributed by atoms with Crippen LogP contribution in [0.15, 0.2) is 48.5 Å². The van der Waals surface area contributed by atoms with Crippen LogP contribution in [0.4, 0.5) is 10.5 Å². The molecule has 2 N–H and O–H groups in total. The van der Waals surface area contributed by atoms with Gasteiger partial charge in [0.25, 0.3) is 0 Å². The molecule has 0 aliphatic carbocycles. The first-order valence-corrected chi connectivity index (χ1v) is 8.31. The summed E-state index contributed by atoms with van der Waals surface area (Å²) in [6, 6.07) is 15.6. The Morgan fingerprint density at radius 1 is 1.12 bits per heavy atom. The molecule has 2 aromatic rings. The SMILES string of the molecule is Cc1cccc(NC(=O)N(Cc2ccccc2)C(C)CCO)c1C. The molecule has 0 bridgehead atoms. The predicted molar refractivity (Wildman–Crippen MR) is 98.1 cm³/mol. The van der Waals surface area contributed by atoms with E-state index in [4.69, 9.17) is 0 Å². The first kappa shape index (κ1) is 18.0. The van der Waals surface area contributed by atoms with Gasteiger partial charge in [0.05, 0.1) is 0 Å². The number of urea groups is 1. The number of aliphatic hydroxyl groups is 1. The van der Waals surface area contributed by atoms with Crippen molar-refractivity contribution in [2.75, 3.05) is 11.9 Å². The molecule has 0 aliphatic rings. The minimum absolute atomic E-state index is 0.0553. The summed E-state index contributed by atoms with van der Waals surface area (Å²) in [4.78, 5) is 14.6. The van der Waals surface area contributed by atoms with E-state index in [1.54, 1.807) is 4.90 Å². The van der Waals surface area contributed by atoms with Crippen molar-refractivity contribution >= 4 is 11.7 Å². The van der Waals surface area contributed by atoms with E-state index in [0.29, 0.717) is 13.0 Å². The van der Waals surface area contributed by atoms with Crippen LogP contribution in [0.25, 0.3) is 0 Å². The smallest absolute Gasteiger partial charge is 0.322 e. The van der Waals surface area contributed by atoms with Crippen molar-refractivity contribution in [2.45, 2.75) is 39.8 Å². The molecule has 2 rings (SSSR count). The molecule has 24 heavy (non-hydrogen) atoms. The van der Waals surface area contributed by atoms with E-state index in [1.165, 1.54) is 0 Å².